The summed E-state index contributed by atoms with van der Waals surface area (Å²) in [6, 6.07) is 13.0. The summed E-state index contributed by atoms with van der Waals surface area (Å²) in [5.74, 6) is -0.133. The summed E-state index contributed by atoms with van der Waals surface area (Å²) in [5.41, 5.74) is 3.75. The van der Waals surface area contributed by atoms with Crippen molar-refractivity contribution in [2.45, 2.75) is 19.5 Å². The number of halogens is 4. The highest BCUT2D eigenvalue weighted by atomic mass is 35.5. The van der Waals surface area contributed by atoms with E-state index in [0.29, 0.717) is 17.5 Å². The molecule has 16 heteroatoms. The lowest BCUT2D eigenvalue weighted by atomic mass is 10.1. The largest absolute Gasteiger partial charge is 0.497 e. The number of piperazine rings is 1. The molecule has 0 saturated carbocycles. The lowest BCUT2D eigenvalue weighted by Gasteiger charge is -2.29. The molecule has 2 heterocycles. The smallest absolute Gasteiger partial charge is 0.434 e. The van der Waals surface area contributed by atoms with Crippen LogP contribution in [0.2, 0.25) is 5.02 Å². The fourth-order valence-corrected chi connectivity index (χ4v) is 5.15. The Hall–Kier alpha value is -5.41. The second-order valence-corrected chi connectivity index (χ2v) is 11.1. The minimum atomic E-state index is -5.05. The first kappa shape index (κ1) is 34.9. The lowest BCUT2D eigenvalue weighted by molar-refractivity contribution is -0.116. The number of alkyl halides is 3. The molecule has 5 rings (SSSR count). The number of fused-ring (bicyclic) bond motifs is 1. The van der Waals surface area contributed by atoms with Crippen molar-refractivity contribution in [3.05, 3.63) is 77.7 Å². The van der Waals surface area contributed by atoms with E-state index >= 15 is 0 Å². The number of carbonyl (C=O) groups is 2. The monoisotopic (exact) mass is 696 g/mol. The molecule has 0 aliphatic carbocycles. The van der Waals surface area contributed by atoms with Crippen molar-refractivity contribution in [2.75, 3.05) is 48.8 Å². The van der Waals surface area contributed by atoms with Gasteiger partial charge in [0.05, 0.1) is 28.9 Å². The zero-order valence-electron chi connectivity index (χ0n) is 26.4. The summed E-state index contributed by atoms with van der Waals surface area (Å²) in [6.07, 6.45) is -2.94. The normalized spacial score (nSPS) is 14.0. The van der Waals surface area contributed by atoms with E-state index in [0.717, 1.165) is 37.4 Å². The van der Waals surface area contributed by atoms with Crippen molar-refractivity contribution in [1.29, 1.82) is 0 Å². The maximum absolute atomic E-state index is 14.2. The SMILES string of the molecule is CCC(=O)Nc1cc(NC(=O)C(=CN)C(=Nc2ccc(OC)cc2)C(F)(F)F)cc(Oc2cc3ncnc(N4CCNCC4)c3cc2Cl)c1. The molecule has 0 spiro atoms. The van der Waals surface area contributed by atoms with Gasteiger partial charge in [0.2, 0.25) is 5.91 Å². The molecule has 1 aliphatic heterocycles. The number of hydrogen-bond donors (Lipinski definition) is 4. The summed E-state index contributed by atoms with van der Waals surface area (Å²) in [6.45, 7) is 4.76. The van der Waals surface area contributed by atoms with Gasteiger partial charge in [0.15, 0.2) is 5.71 Å². The van der Waals surface area contributed by atoms with Gasteiger partial charge in [-0.05, 0) is 36.4 Å². The lowest BCUT2D eigenvalue weighted by Crippen LogP contribution is -2.44. The summed E-state index contributed by atoms with van der Waals surface area (Å²) in [5, 5.41) is 9.32. The van der Waals surface area contributed by atoms with E-state index in [1.54, 1.807) is 19.1 Å². The molecular formula is C33H32ClF3N8O4. The summed E-state index contributed by atoms with van der Waals surface area (Å²) < 4.78 is 53.7. The number of nitrogens with one attached hydrogen (secondary N) is 3. The first-order valence-electron chi connectivity index (χ1n) is 15.0. The minimum Gasteiger partial charge on any atom is -0.497 e. The van der Waals surface area contributed by atoms with Crippen LogP contribution in [0, 0.1) is 0 Å². The fourth-order valence-electron chi connectivity index (χ4n) is 4.95. The summed E-state index contributed by atoms with van der Waals surface area (Å²) in [7, 11) is 1.41. The topological polar surface area (TPSA) is 156 Å². The molecule has 1 saturated heterocycles. The highest BCUT2D eigenvalue weighted by Gasteiger charge is 2.40. The van der Waals surface area contributed by atoms with Crippen LogP contribution >= 0.6 is 11.6 Å². The van der Waals surface area contributed by atoms with Gasteiger partial charge in [-0.1, -0.05) is 18.5 Å². The van der Waals surface area contributed by atoms with E-state index in [1.165, 1.54) is 55.9 Å². The van der Waals surface area contributed by atoms with Crippen molar-refractivity contribution < 1.29 is 32.2 Å². The highest BCUT2D eigenvalue weighted by Crippen LogP contribution is 2.37. The van der Waals surface area contributed by atoms with E-state index in [-0.39, 0.29) is 45.9 Å². The van der Waals surface area contributed by atoms with Gasteiger partial charge < -0.3 is 36.1 Å². The molecule has 2 amide bonds. The molecule has 3 aromatic carbocycles. The average Bonchev–Trinajstić information content (AvgIpc) is 3.08. The molecular weight excluding hydrogens is 665 g/mol. The Morgan fingerprint density at radius 3 is 2.37 bits per heavy atom. The van der Waals surface area contributed by atoms with E-state index in [4.69, 9.17) is 26.8 Å². The van der Waals surface area contributed by atoms with Crippen molar-refractivity contribution in [1.82, 2.24) is 15.3 Å². The molecule has 256 valence electrons. The molecule has 4 aromatic rings. The standard InChI is InChI=1S/C33H32ClF3N8O4/c1-3-29(46)42-20-12-21(44-32(47)25(17-38)30(33(35,36)37)43-19-4-6-22(48-2)7-5-19)14-23(13-20)49-28-16-27-24(15-26(28)34)31(41-18-40-27)45-10-8-39-9-11-45/h4-7,12-18,39H,3,8-11,38H2,1-2H3,(H,42,46)(H,44,47). The predicted octanol–water partition coefficient (Wildman–Crippen LogP) is 5.96. The van der Waals surface area contributed by atoms with Crippen LogP contribution in [0.3, 0.4) is 0 Å². The number of ether oxygens (including phenoxy) is 2. The molecule has 0 radical (unpaired) electrons. The quantitative estimate of drug-likeness (QED) is 0.116. The van der Waals surface area contributed by atoms with E-state index in [1.807, 2.05) is 0 Å². The van der Waals surface area contributed by atoms with Crippen LogP contribution in [-0.4, -0.2) is 67.0 Å². The van der Waals surface area contributed by atoms with Gasteiger partial charge in [-0.3, -0.25) is 9.59 Å². The third-order valence-electron chi connectivity index (χ3n) is 7.33. The highest BCUT2D eigenvalue weighted by molar-refractivity contribution is 6.33. The van der Waals surface area contributed by atoms with Crippen LogP contribution < -0.4 is 36.1 Å². The number of anilines is 3. The second-order valence-electron chi connectivity index (χ2n) is 10.7. The number of hydrogen-bond acceptors (Lipinski definition) is 10. The Morgan fingerprint density at radius 1 is 1.04 bits per heavy atom. The van der Waals surface area contributed by atoms with E-state index in [9.17, 15) is 22.8 Å². The zero-order chi connectivity index (χ0) is 35.1. The van der Waals surface area contributed by atoms with Crippen molar-refractivity contribution in [3.8, 4) is 17.2 Å². The van der Waals surface area contributed by atoms with Gasteiger partial charge >= 0.3 is 6.18 Å². The van der Waals surface area contributed by atoms with Gasteiger partial charge in [0.25, 0.3) is 5.91 Å². The molecule has 0 unspecified atom stereocenters. The number of nitrogens with zero attached hydrogens (tertiary/aromatic N) is 4. The number of rotatable bonds is 10. The maximum atomic E-state index is 14.2. The van der Waals surface area contributed by atoms with Gasteiger partial charge in [-0.15, -0.1) is 0 Å². The van der Waals surface area contributed by atoms with Crippen LogP contribution in [0.1, 0.15) is 13.3 Å². The van der Waals surface area contributed by atoms with Crippen LogP contribution in [0.5, 0.6) is 17.2 Å². The number of aliphatic imine (C=N–C) groups is 1. The second kappa shape index (κ2) is 15.2. The molecule has 1 aromatic heterocycles. The zero-order valence-corrected chi connectivity index (χ0v) is 27.2. The van der Waals surface area contributed by atoms with Crippen molar-refractivity contribution >= 4 is 62.9 Å². The Kier molecular flexibility index (Phi) is 10.8. The number of nitrogens with two attached hydrogens (primary N) is 1. The summed E-state index contributed by atoms with van der Waals surface area (Å²) >= 11 is 6.66. The average molecular weight is 697 g/mol. The third-order valence-corrected chi connectivity index (χ3v) is 7.63. The first-order chi connectivity index (χ1) is 23.5. The Balaban J connectivity index is 1.46. The maximum Gasteiger partial charge on any atom is 0.434 e. The Bertz CT molecular complexity index is 1910. The van der Waals surface area contributed by atoms with Gasteiger partial charge in [-0.2, -0.15) is 13.2 Å². The van der Waals surface area contributed by atoms with Crippen molar-refractivity contribution in [3.63, 3.8) is 0 Å². The minimum absolute atomic E-state index is 0.0144. The van der Waals surface area contributed by atoms with Gasteiger partial charge in [-0.25, -0.2) is 15.0 Å². The van der Waals surface area contributed by atoms with Crippen LogP contribution in [-0.2, 0) is 9.59 Å². The molecule has 5 N–H and O–H groups in total. The number of benzene rings is 3. The van der Waals surface area contributed by atoms with Crippen LogP contribution in [0.15, 0.2) is 77.7 Å². The Morgan fingerprint density at radius 2 is 1.73 bits per heavy atom. The number of amides is 2. The molecule has 12 nitrogen and oxygen atoms in total. The number of aromatic nitrogens is 2. The van der Waals surface area contributed by atoms with Gasteiger partial charge in [0.1, 0.15) is 29.4 Å². The van der Waals surface area contributed by atoms with Gasteiger partial charge in [0, 0.05) is 73.8 Å². The van der Waals surface area contributed by atoms with Crippen LogP contribution in [0.4, 0.5) is 36.1 Å². The number of methoxy groups -OCH3 is 1. The fraction of sp³-hybridized carbons (Fsp3) is 0.242. The Labute approximate surface area is 284 Å². The molecule has 49 heavy (non-hydrogen) atoms. The molecule has 0 atom stereocenters. The van der Waals surface area contributed by atoms with Crippen molar-refractivity contribution in [2.24, 2.45) is 10.7 Å². The molecule has 1 aliphatic rings. The number of carbonyl (C=O) groups excluding carboxylic acids is 2. The molecule has 0 bridgehead atoms. The molecule has 1 fully saturated rings. The first-order valence-corrected chi connectivity index (χ1v) is 15.4. The van der Waals surface area contributed by atoms with Crippen LogP contribution in [0.25, 0.3) is 10.9 Å². The van der Waals surface area contributed by atoms with E-state index < -0.39 is 23.4 Å². The third kappa shape index (κ3) is 8.55. The predicted molar refractivity (Wildman–Crippen MR) is 182 cm³/mol. The van der Waals surface area contributed by atoms with E-state index in [2.05, 4.69) is 35.8 Å². The summed E-state index contributed by atoms with van der Waals surface area (Å²) in [4.78, 5) is 40.2.